The molecule has 78 valence electrons. The zero-order valence-electron chi connectivity index (χ0n) is 8.69. The van der Waals surface area contributed by atoms with E-state index in [2.05, 4.69) is 13.8 Å². The van der Waals surface area contributed by atoms with Gasteiger partial charge in [-0.3, -0.25) is 0 Å². The number of hydrogen-bond donors (Lipinski definition) is 0. The topological polar surface area (TPSA) is 0 Å². The van der Waals surface area contributed by atoms with E-state index in [9.17, 15) is 4.39 Å². The van der Waals surface area contributed by atoms with Gasteiger partial charge in [0.1, 0.15) is 5.82 Å². The second-order valence-electron chi connectivity index (χ2n) is 3.57. The van der Waals surface area contributed by atoms with Crippen LogP contribution in [-0.4, -0.2) is 0 Å². The van der Waals surface area contributed by atoms with Gasteiger partial charge < -0.3 is 0 Å². The molecule has 1 aromatic carbocycles. The number of halogens is 2. The van der Waals surface area contributed by atoms with Gasteiger partial charge in [-0.25, -0.2) is 4.39 Å². The summed E-state index contributed by atoms with van der Waals surface area (Å²) in [5, 5.41) is 0.233. The van der Waals surface area contributed by atoms with Crippen molar-refractivity contribution in [3.8, 4) is 0 Å². The first-order valence-electron chi connectivity index (χ1n) is 5.14. The molecule has 0 heterocycles. The van der Waals surface area contributed by atoms with Crippen molar-refractivity contribution in [1.29, 1.82) is 0 Å². The number of benzene rings is 1. The Bertz CT molecular complexity index is 296. The van der Waals surface area contributed by atoms with Crippen LogP contribution in [0.2, 0.25) is 5.02 Å². The lowest BCUT2D eigenvalue weighted by Crippen LogP contribution is -1.97. The van der Waals surface area contributed by atoms with Crippen LogP contribution in [0.15, 0.2) is 18.2 Å². The van der Waals surface area contributed by atoms with Crippen molar-refractivity contribution >= 4 is 11.6 Å². The summed E-state index contributed by atoms with van der Waals surface area (Å²) in [4.78, 5) is 0. The average Bonchev–Trinajstić information content (AvgIpc) is 2.19. The molecule has 0 radical (unpaired) electrons. The highest BCUT2D eigenvalue weighted by atomic mass is 35.5. The molecule has 0 spiro atoms. The molecule has 0 aliphatic rings. The van der Waals surface area contributed by atoms with Crippen molar-refractivity contribution in [2.45, 2.75) is 39.0 Å². The van der Waals surface area contributed by atoms with E-state index in [-0.39, 0.29) is 10.8 Å². The average molecular weight is 215 g/mol. The molecule has 0 nitrogen and oxygen atoms in total. The maximum absolute atomic E-state index is 12.9. The zero-order chi connectivity index (χ0) is 10.6. The summed E-state index contributed by atoms with van der Waals surface area (Å²) >= 11 is 5.74. The molecule has 0 bridgehead atoms. The molecule has 1 atom stereocenters. The van der Waals surface area contributed by atoms with Gasteiger partial charge in [0.15, 0.2) is 0 Å². The van der Waals surface area contributed by atoms with E-state index in [4.69, 9.17) is 11.6 Å². The monoisotopic (exact) mass is 214 g/mol. The lowest BCUT2D eigenvalue weighted by Gasteiger charge is -2.14. The Morgan fingerprint density at radius 2 is 2.07 bits per heavy atom. The van der Waals surface area contributed by atoms with E-state index in [1.54, 1.807) is 6.07 Å². The van der Waals surface area contributed by atoms with Crippen molar-refractivity contribution in [3.63, 3.8) is 0 Å². The van der Waals surface area contributed by atoms with Gasteiger partial charge in [0, 0.05) is 0 Å². The lowest BCUT2D eigenvalue weighted by atomic mass is 9.92. The maximum atomic E-state index is 12.9. The predicted molar refractivity (Wildman–Crippen MR) is 59.4 cm³/mol. The van der Waals surface area contributed by atoms with Crippen LogP contribution in [0.5, 0.6) is 0 Å². The third-order valence-electron chi connectivity index (χ3n) is 2.54. The zero-order valence-corrected chi connectivity index (χ0v) is 9.44. The van der Waals surface area contributed by atoms with Crippen LogP contribution in [0, 0.1) is 5.82 Å². The third kappa shape index (κ3) is 2.71. The molecular formula is C12H16ClF. The molecule has 0 aliphatic heterocycles. The van der Waals surface area contributed by atoms with Crippen LogP contribution in [0.1, 0.15) is 44.6 Å². The molecule has 0 saturated carbocycles. The van der Waals surface area contributed by atoms with Gasteiger partial charge in [0.25, 0.3) is 0 Å². The molecule has 0 aromatic heterocycles. The molecular weight excluding hydrogens is 199 g/mol. The van der Waals surface area contributed by atoms with E-state index in [1.165, 1.54) is 6.07 Å². The molecule has 0 N–H and O–H groups in total. The first kappa shape index (κ1) is 11.5. The van der Waals surface area contributed by atoms with Gasteiger partial charge in [0.05, 0.1) is 5.02 Å². The van der Waals surface area contributed by atoms with Gasteiger partial charge in [-0.15, -0.1) is 0 Å². The fraction of sp³-hybridized carbons (Fsp3) is 0.500. The molecule has 1 aromatic rings. The standard InChI is InChI=1S/C12H16ClF/c1-3-5-9(4-2)10-6-7-12(14)11(13)8-10/h6-9H,3-5H2,1-2H3. The fourth-order valence-corrected chi connectivity index (χ4v) is 1.91. The Labute approximate surface area is 90.1 Å². The van der Waals surface area contributed by atoms with Crippen molar-refractivity contribution in [2.75, 3.05) is 0 Å². The van der Waals surface area contributed by atoms with Crippen molar-refractivity contribution < 1.29 is 4.39 Å². The van der Waals surface area contributed by atoms with Gasteiger partial charge in [-0.2, -0.15) is 0 Å². The first-order chi connectivity index (χ1) is 6.69. The summed E-state index contributed by atoms with van der Waals surface area (Å²) in [6.45, 7) is 4.31. The lowest BCUT2D eigenvalue weighted by molar-refractivity contribution is 0.590. The summed E-state index contributed by atoms with van der Waals surface area (Å²) in [7, 11) is 0. The van der Waals surface area contributed by atoms with Crippen molar-refractivity contribution in [3.05, 3.63) is 34.6 Å². The van der Waals surface area contributed by atoms with Gasteiger partial charge in [-0.1, -0.05) is 37.9 Å². The largest absolute Gasteiger partial charge is 0.205 e. The molecule has 0 saturated heterocycles. The summed E-state index contributed by atoms with van der Waals surface area (Å²) in [6.07, 6.45) is 3.36. The van der Waals surface area contributed by atoms with Crippen LogP contribution in [-0.2, 0) is 0 Å². The molecule has 0 aliphatic carbocycles. The molecule has 0 amide bonds. The Morgan fingerprint density at radius 1 is 1.36 bits per heavy atom. The SMILES string of the molecule is CCCC(CC)c1ccc(F)c(Cl)c1. The fourth-order valence-electron chi connectivity index (χ4n) is 1.72. The second-order valence-corrected chi connectivity index (χ2v) is 3.97. The minimum absolute atomic E-state index is 0.233. The molecule has 0 fully saturated rings. The summed E-state index contributed by atoms with van der Waals surface area (Å²) in [5.74, 6) is 0.180. The first-order valence-corrected chi connectivity index (χ1v) is 5.51. The Morgan fingerprint density at radius 3 is 2.57 bits per heavy atom. The Hall–Kier alpha value is -0.560. The van der Waals surface area contributed by atoms with Gasteiger partial charge >= 0.3 is 0 Å². The number of hydrogen-bond acceptors (Lipinski definition) is 0. The van der Waals surface area contributed by atoms with Crippen molar-refractivity contribution in [2.24, 2.45) is 0 Å². The smallest absolute Gasteiger partial charge is 0.141 e. The van der Waals surface area contributed by atoms with E-state index in [1.807, 2.05) is 6.07 Å². The van der Waals surface area contributed by atoms with E-state index in [0.717, 1.165) is 24.8 Å². The van der Waals surface area contributed by atoms with Crippen LogP contribution in [0.25, 0.3) is 0 Å². The van der Waals surface area contributed by atoms with Gasteiger partial charge in [-0.05, 0) is 36.5 Å². The highest BCUT2D eigenvalue weighted by Gasteiger charge is 2.10. The van der Waals surface area contributed by atoms with E-state index < -0.39 is 0 Å². The van der Waals surface area contributed by atoms with Crippen LogP contribution < -0.4 is 0 Å². The van der Waals surface area contributed by atoms with Crippen molar-refractivity contribution in [1.82, 2.24) is 0 Å². The molecule has 1 unspecified atom stereocenters. The second kappa shape index (κ2) is 5.35. The normalized spacial score (nSPS) is 12.9. The van der Waals surface area contributed by atoms with Crippen LogP contribution >= 0.6 is 11.6 Å². The minimum Gasteiger partial charge on any atom is -0.205 e. The molecule has 14 heavy (non-hydrogen) atoms. The Balaban J connectivity index is 2.88. The highest BCUT2D eigenvalue weighted by Crippen LogP contribution is 2.27. The molecule has 2 heteroatoms. The molecule has 1 rings (SSSR count). The van der Waals surface area contributed by atoms with Gasteiger partial charge in [0.2, 0.25) is 0 Å². The highest BCUT2D eigenvalue weighted by molar-refractivity contribution is 6.30. The summed E-state index contributed by atoms with van der Waals surface area (Å²) in [5.41, 5.74) is 1.15. The van der Waals surface area contributed by atoms with Crippen LogP contribution in [0.3, 0.4) is 0 Å². The van der Waals surface area contributed by atoms with E-state index >= 15 is 0 Å². The number of rotatable bonds is 4. The maximum Gasteiger partial charge on any atom is 0.141 e. The van der Waals surface area contributed by atoms with E-state index in [0.29, 0.717) is 5.92 Å². The van der Waals surface area contributed by atoms with Crippen LogP contribution in [0.4, 0.5) is 4.39 Å². The quantitative estimate of drug-likeness (QED) is 0.677. The third-order valence-corrected chi connectivity index (χ3v) is 2.83. The minimum atomic E-state index is -0.332. The summed E-state index contributed by atoms with van der Waals surface area (Å²) in [6, 6.07) is 5.04. The Kier molecular flexibility index (Phi) is 4.40. The predicted octanol–water partition coefficient (Wildman–Crippen LogP) is 4.77. The summed E-state index contributed by atoms with van der Waals surface area (Å²) < 4.78 is 12.9.